The Labute approximate surface area is 286 Å². The van der Waals surface area contributed by atoms with Crippen LogP contribution in [0.2, 0.25) is 0 Å². The standard InChI is InChI=1S/C42H26N6S/c1-4-11-27(12-5-1)32-17-10-18-33(23-32)41-47-39(29-15-8-3-9-16-29)46-40(48-41)31-21-19-30(20-22-31)38-43-26-36-37(45-38)35-24-34(25-44-42(35)49-36)28-13-6-2-7-14-28/h1-26H. The first-order valence-electron chi connectivity index (χ1n) is 15.9. The summed E-state index contributed by atoms with van der Waals surface area (Å²) in [4.78, 5) is 30.3. The molecular formula is C42H26N6S. The van der Waals surface area contributed by atoms with E-state index in [-0.39, 0.29) is 0 Å². The average molecular weight is 647 g/mol. The first kappa shape index (κ1) is 28.8. The second-order valence-electron chi connectivity index (χ2n) is 11.6. The van der Waals surface area contributed by atoms with Gasteiger partial charge < -0.3 is 0 Å². The summed E-state index contributed by atoms with van der Waals surface area (Å²) in [5, 5.41) is 1.03. The molecule has 230 valence electrons. The van der Waals surface area contributed by atoms with E-state index in [9.17, 15) is 0 Å². The molecule has 0 saturated heterocycles. The highest BCUT2D eigenvalue weighted by molar-refractivity contribution is 7.25. The predicted octanol–water partition coefficient (Wildman–Crippen LogP) is 10.4. The zero-order chi connectivity index (χ0) is 32.6. The molecule has 0 aliphatic rings. The Bertz CT molecular complexity index is 2590. The van der Waals surface area contributed by atoms with Crippen molar-refractivity contribution in [3.05, 3.63) is 158 Å². The summed E-state index contributed by atoms with van der Waals surface area (Å²) in [6, 6.07) is 49.3. The van der Waals surface area contributed by atoms with Crippen molar-refractivity contribution < 1.29 is 0 Å². The van der Waals surface area contributed by atoms with Crippen molar-refractivity contribution in [2.24, 2.45) is 0 Å². The number of rotatable bonds is 6. The number of thiophene rings is 1. The van der Waals surface area contributed by atoms with Gasteiger partial charge in [0.05, 0.1) is 10.2 Å². The van der Waals surface area contributed by atoms with E-state index in [1.165, 1.54) is 0 Å². The fraction of sp³-hybridized carbons (Fsp3) is 0. The molecule has 0 bridgehead atoms. The lowest BCUT2D eigenvalue weighted by Gasteiger charge is -2.10. The number of benzene rings is 5. The lowest BCUT2D eigenvalue weighted by Crippen LogP contribution is -2.00. The maximum absolute atomic E-state index is 5.03. The Kier molecular flexibility index (Phi) is 7.22. The van der Waals surface area contributed by atoms with Crippen LogP contribution in [-0.2, 0) is 0 Å². The molecule has 0 amide bonds. The summed E-state index contributed by atoms with van der Waals surface area (Å²) in [7, 11) is 0. The minimum atomic E-state index is 0.597. The van der Waals surface area contributed by atoms with Gasteiger partial charge >= 0.3 is 0 Å². The van der Waals surface area contributed by atoms with Gasteiger partial charge in [-0.15, -0.1) is 11.3 Å². The number of fused-ring (bicyclic) bond motifs is 3. The highest BCUT2D eigenvalue weighted by Gasteiger charge is 2.15. The van der Waals surface area contributed by atoms with Gasteiger partial charge in [0.1, 0.15) is 4.83 Å². The van der Waals surface area contributed by atoms with Crippen molar-refractivity contribution in [2.75, 3.05) is 0 Å². The summed E-state index contributed by atoms with van der Waals surface area (Å²) < 4.78 is 1.01. The minimum Gasteiger partial charge on any atom is -0.245 e. The monoisotopic (exact) mass is 646 g/mol. The van der Waals surface area contributed by atoms with Gasteiger partial charge in [0.25, 0.3) is 0 Å². The normalized spacial score (nSPS) is 11.3. The third-order valence-corrected chi connectivity index (χ3v) is 9.51. The Hall–Kier alpha value is -6.44. The topological polar surface area (TPSA) is 77.3 Å². The van der Waals surface area contributed by atoms with E-state index < -0.39 is 0 Å². The zero-order valence-electron chi connectivity index (χ0n) is 26.1. The Balaban J connectivity index is 1.09. The van der Waals surface area contributed by atoms with Crippen molar-refractivity contribution in [3.8, 4) is 67.8 Å². The predicted molar refractivity (Wildman–Crippen MR) is 199 cm³/mol. The SMILES string of the molecule is c1ccc(-c2cccc(-c3nc(-c4ccccc4)nc(-c4ccc(-c5ncc6sc7ncc(-c8ccccc8)cc7c6n5)cc4)n3)c2)cc1. The van der Waals surface area contributed by atoms with Crippen LogP contribution in [0.1, 0.15) is 0 Å². The van der Waals surface area contributed by atoms with Gasteiger partial charge in [0, 0.05) is 45.6 Å². The third kappa shape index (κ3) is 5.62. The summed E-state index contributed by atoms with van der Waals surface area (Å²) in [6.45, 7) is 0. The lowest BCUT2D eigenvalue weighted by atomic mass is 10.0. The molecule has 0 aliphatic carbocycles. The van der Waals surface area contributed by atoms with E-state index in [0.29, 0.717) is 23.3 Å². The summed E-state index contributed by atoms with van der Waals surface area (Å²) >= 11 is 1.61. The fourth-order valence-electron chi connectivity index (χ4n) is 5.96. The minimum absolute atomic E-state index is 0.597. The number of aromatic nitrogens is 6. The molecule has 6 nitrogen and oxygen atoms in total. The van der Waals surface area contributed by atoms with Crippen LogP contribution in [-0.4, -0.2) is 29.9 Å². The molecule has 7 heteroatoms. The molecule has 0 unspecified atom stereocenters. The van der Waals surface area contributed by atoms with Gasteiger partial charge in [-0.1, -0.05) is 133 Å². The molecule has 5 aromatic carbocycles. The van der Waals surface area contributed by atoms with Crippen LogP contribution in [0.4, 0.5) is 0 Å². The highest BCUT2D eigenvalue weighted by atomic mass is 32.1. The number of hydrogen-bond acceptors (Lipinski definition) is 7. The molecule has 0 atom stereocenters. The molecule has 9 rings (SSSR count). The molecule has 0 N–H and O–H groups in total. The molecule has 0 radical (unpaired) electrons. The molecule has 0 spiro atoms. The Morgan fingerprint density at radius 1 is 0.347 bits per heavy atom. The van der Waals surface area contributed by atoms with Gasteiger partial charge in [-0.2, -0.15) is 0 Å². The smallest absolute Gasteiger partial charge is 0.164 e. The van der Waals surface area contributed by atoms with Gasteiger partial charge in [0.2, 0.25) is 0 Å². The zero-order valence-corrected chi connectivity index (χ0v) is 26.9. The van der Waals surface area contributed by atoms with Crippen molar-refractivity contribution in [3.63, 3.8) is 0 Å². The number of nitrogens with zero attached hydrogens (tertiary/aromatic N) is 6. The molecule has 9 aromatic rings. The second-order valence-corrected chi connectivity index (χ2v) is 12.7. The molecule has 0 fully saturated rings. The van der Waals surface area contributed by atoms with E-state index in [0.717, 1.165) is 64.9 Å². The van der Waals surface area contributed by atoms with Crippen molar-refractivity contribution in [2.45, 2.75) is 0 Å². The number of pyridine rings is 1. The van der Waals surface area contributed by atoms with Crippen LogP contribution in [0.25, 0.3) is 88.2 Å². The van der Waals surface area contributed by atoms with Gasteiger partial charge in [-0.25, -0.2) is 29.9 Å². The molecular weight excluding hydrogens is 621 g/mol. The summed E-state index contributed by atoms with van der Waals surface area (Å²) in [6.07, 6.45) is 3.82. The van der Waals surface area contributed by atoms with Crippen LogP contribution in [0.5, 0.6) is 0 Å². The lowest BCUT2D eigenvalue weighted by molar-refractivity contribution is 1.07. The average Bonchev–Trinajstić information content (AvgIpc) is 3.56. The first-order chi connectivity index (χ1) is 24.2. The molecule has 4 aromatic heterocycles. The molecule has 49 heavy (non-hydrogen) atoms. The van der Waals surface area contributed by atoms with Crippen LogP contribution in [0, 0.1) is 0 Å². The van der Waals surface area contributed by atoms with Crippen molar-refractivity contribution in [1.82, 2.24) is 29.9 Å². The maximum atomic E-state index is 5.03. The fourth-order valence-corrected chi connectivity index (χ4v) is 6.90. The van der Waals surface area contributed by atoms with E-state index >= 15 is 0 Å². The van der Waals surface area contributed by atoms with Gasteiger partial charge in [-0.05, 0) is 28.8 Å². The Morgan fingerprint density at radius 2 is 0.857 bits per heavy atom. The molecule has 0 aliphatic heterocycles. The van der Waals surface area contributed by atoms with Crippen LogP contribution < -0.4 is 0 Å². The van der Waals surface area contributed by atoms with Gasteiger partial charge in [0.15, 0.2) is 23.3 Å². The van der Waals surface area contributed by atoms with E-state index in [1.54, 1.807) is 11.3 Å². The quantitative estimate of drug-likeness (QED) is 0.179. The van der Waals surface area contributed by atoms with E-state index in [1.807, 2.05) is 116 Å². The molecule has 4 heterocycles. The molecule has 0 saturated carbocycles. The third-order valence-electron chi connectivity index (χ3n) is 8.47. The van der Waals surface area contributed by atoms with E-state index in [2.05, 4.69) is 42.5 Å². The van der Waals surface area contributed by atoms with Crippen LogP contribution in [0.3, 0.4) is 0 Å². The van der Waals surface area contributed by atoms with Crippen LogP contribution in [0.15, 0.2) is 158 Å². The largest absolute Gasteiger partial charge is 0.245 e. The highest BCUT2D eigenvalue weighted by Crippen LogP contribution is 2.35. The number of hydrogen-bond donors (Lipinski definition) is 0. The second kappa shape index (κ2) is 12.3. The Morgan fingerprint density at radius 3 is 1.51 bits per heavy atom. The summed E-state index contributed by atoms with van der Waals surface area (Å²) in [5.74, 6) is 2.49. The van der Waals surface area contributed by atoms with Crippen molar-refractivity contribution >= 4 is 31.8 Å². The summed E-state index contributed by atoms with van der Waals surface area (Å²) in [5.41, 5.74) is 8.98. The van der Waals surface area contributed by atoms with Crippen molar-refractivity contribution in [1.29, 1.82) is 0 Å². The first-order valence-corrected chi connectivity index (χ1v) is 16.8. The van der Waals surface area contributed by atoms with E-state index in [4.69, 9.17) is 29.9 Å². The maximum Gasteiger partial charge on any atom is 0.164 e. The van der Waals surface area contributed by atoms with Gasteiger partial charge in [-0.3, -0.25) is 0 Å². The van der Waals surface area contributed by atoms with Crippen LogP contribution >= 0.6 is 11.3 Å².